The summed E-state index contributed by atoms with van der Waals surface area (Å²) in [5.41, 5.74) is 4.45. The number of nitrogens with two attached hydrogens (primary N) is 1. The van der Waals surface area contributed by atoms with Crippen molar-refractivity contribution in [3.05, 3.63) is 47.5 Å². The van der Waals surface area contributed by atoms with Crippen LogP contribution in [0.1, 0.15) is 30.6 Å². The van der Waals surface area contributed by atoms with Crippen molar-refractivity contribution in [1.82, 2.24) is 0 Å². The zero-order valence-electron chi connectivity index (χ0n) is 11.2. The number of amides is 1. The standard InChI is InChI=1S/C14H14F3NO3/c1-8(13(18)20)7-12(19)21-9(2)10-3-5-11(6-4-10)14(15,16)17/h3-6,9H,1,7H2,2H3,(H2,18,20)/t9-/m1/s1. The Bertz CT molecular complexity index is 550. The largest absolute Gasteiger partial charge is 0.458 e. The van der Waals surface area contributed by atoms with Crippen LogP contribution in [0.4, 0.5) is 13.2 Å². The minimum Gasteiger partial charge on any atom is -0.458 e. The molecule has 0 heterocycles. The molecule has 1 atom stereocenters. The summed E-state index contributed by atoms with van der Waals surface area (Å²) in [5, 5.41) is 0. The normalized spacial score (nSPS) is 12.6. The summed E-state index contributed by atoms with van der Waals surface area (Å²) in [4.78, 5) is 22.2. The van der Waals surface area contributed by atoms with E-state index < -0.39 is 29.7 Å². The molecular formula is C14H14F3NO3. The van der Waals surface area contributed by atoms with E-state index in [2.05, 4.69) is 6.58 Å². The van der Waals surface area contributed by atoms with E-state index in [9.17, 15) is 22.8 Å². The maximum absolute atomic E-state index is 12.4. The van der Waals surface area contributed by atoms with Crippen molar-refractivity contribution in [3.63, 3.8) is 0 Å². The highest BCUT2D eigenvalue weighted by Gasteiger charge is 2.30. The fourth-order valence-corrected chi connectivity index (χ4v) is 1.51. The van der Waals surface area contributed by atoms with E-state index in [1.165, 1.54) is 19.1 Å². The molecule has 0 aliphatic carbocycles. The topological polar surface area (TPSA) is 69.4 Å². The highest BCUT2D eigenvalue weighted by molar-refractivity contribution is 5.95. The number of carbonyl (C=O) groups is 2. The Morgan fingerprint density at radius 3 is 2.24 bits per heavy atom. The lowest BCUT2D eigenvalue weighted by atomic mass is 10.1. The number of ether oxygens (including phenoxy) is 1. The minimum atomic E-state index is -4.42. The maximum atomic E-state index is 12.4. The summed E-state index contributed by atoms with van der Waals surface area (Å²) >= 11 is 0. The minimum absolute atomic E-state index is 0.0976. The molecule has 0 radical (unpaired) electrons. The Labute approximate surface area is 119 Å². The van der Waals surface area contributed by atoms with E-state index in [1.807, 2.05) is 0 Å². The van der Waals surface area contributed by atoms with Gasteiger partial charge in [-0.3, -0.25) is 9.59 Å². The summed E-state index contributed by atoms with van der Waals surface area (Å²) in [6.45, 7) is 4.82. The summed E-state index contributed by atoms with van der Waals surface area (Å²) < 4.78 is 42.2. The Balaban J connectivity index is 2.68. The van der Waals surface area contributed by atoms with Crippen molar-refractivity contribution < 1.29 is 27.5 Å². The van der Waals surface area contributed by atoms with Crippen molar-refractivity contribution in [2.24, 2.45) is 5.73 Å². The van der Waals surface area contributed by atoms with Gasteiger partial charge in [0.05, 0.1) is 12.0 Å². The van der Waals surface area contributed by atoms with Gasteiger partial charge in [0.1, 0.15) is 6.10 Å². The fourth-order valence-electron chi connectivity index (χ4n) is 1.51. The smallest absolute Gasteiger partial charge is 0.416 e. The molecule has 2 N–H and O–H groups in total. The lowest BCUT2D eigenvalue weighted by molar-refractivity contribution is -0.148. The van der Waals surface area contributed by atoms with Crippen LogP contribution in [0.15, 0.2) is 36.4 Å². The lowest BCUT2D eigenvalue weighted by Crippen LogP contribution is -2.18. The number of primary amides is 1. The van der Waals surface area contributed by atoms with Crippen molar-refractivity contribution in [2.75, 3.05) is 0 Å². The van der Waals surface area contributed by atoms with Gasteiger partial charge in [-0.25, -0.2) is 0 Å². The van der Waals surface area contributed by atoms with Crippen LogP contribution in [0.2, 0.25) is 0 Å². The Kier molecular flexibility index (Phi) is 5.12. The molecule has 21 heavy (non-hydrogen) atoms. The van der Waals surface area contributed by atoms with Gasteiger partial charge in [-0.15, -0.1) is 0 Å². The number of rotatable bonds is 5. The predicted molar refractivity (Wildman–Crippen MR) is 68.9 cm³/mol. The molecule has 0 aliphatic rings. The highest BCUT2D eigenvalue weighted by Crippen LogP contribution is 2.30. The molecule has 0 aliphatic heterocycles. The van der Waals surface area contributed by atoms with Gasteiger partial charge in [-0.2, -0.15) is 13.2 Å². The van der Waals surface area contributed by atoms with Gasteiger partial charge in [0.2, 0.25) is 5.91 Å². The van der Waals surface area contributed by atoms with Crippen molar-refractivity contribution in [2.45, 2.75) is 25.6 Å². The highest BCUT2D eigenvalue weighted by atomic mass is 19.4. The molecular weight excluding hydrogens is 287 g/mol. The molecule has 1 rings (SSSR count). The SMILES string of the molecule is C=C(CC(=O)O[C@H](C)c1ccc(C(F)(F)F)cc1)C(N)=O. The van der Waals surface area contributed by atoms with Crippen LogP contribution in [0.5, 0.6) is 0 Å². The first-order chi connectivity index (χ1) is 9.61. The summed E-state index contributed by atoms with van der Waals surface area (Å²) in [6, 6.07) is 4.26. The quantitative estimate of drug-likeness (QED) is 0.671. The van der Waals surface area contributed by atoms with Crippen molar-refractivity contribution in [3.8, 4) is 0 Å². The average Bonchev–Trinajstić information content (AvgIpc) is 2.37. The van der Waals surface area contributed by atoms with Gasteiger partial charge in [-0.05, 0) is 24.6 Å². The second kappa shape index (κ2) is 6.43. The second-order valence-corrected chi connectivity index (χ2v) is 4.40. The van der Waals surface area contributed by atoms with Crippen LogP contribution >= 0.6 is 0 Å². The molecule has 0 fully saturated rings. The number of carbonyl (C=O) groups excluding carboxylic acids is 2. The van der Waals surface area contributed by atoms with Gasteiger partial charge in [0.25, 0.3) is 0 Å². The lowest BCUT2D eigenvalue weighted by Gasteiger charge is -2.15. The van der Waals surface area contributed by atoms with Gasteiger partial charge in [-0.1, -0.05) is 18.7 Å². The first-order valence-electron chi connectivity index (χ1n) is 5.95. The zero-order valence-corrected chi connectivity index (χ0v) is 11.2. The number of halogens is 3. The molecule has 1 amide bonds. The van der Waals surface area contributed by atoms with Crippen LogP contribution in [0, 0.1) is 0 Å². The van der Waals surface area contributed by atoms with Gasteiger partial charge in [0.15, 0.2) is 0 Å². The average molecular weight is 301 g/mol. The van der Waals surface area contributed by atoms with Crippen molar-refractivity contribution in [1.29, 1.82) is 0 Å². The van der Waals surface area contributed by atoms with E-state index in [-0.39, 0.29) is 12.0 Å². The molecule has 0 saturated carbocycles. The molecule has 0 aromatic heterocycles. The molecule has 0 spiro atoms. The maximum Gasteiger partial charge on any atom is 0.416 e. The molecule has 1 aromatic rings. The third-order valence-electron chi connectivity index (χ3n) is 2.72. The third kappa shape index (κ3) is 4.94. The summed E-state index contributed by atoms with van der Waals surface area (Å²) in [7, 11) is 0. The zero-order chi connectivity index (χ0) is 16.2. The van der Waals surface area contributed by atoms with Crippen LogP contribution in [0.3, 0.4) is 0 Å². The predicted octanol–water partition coefficient (Wildman–Crippen LogP) is 2.74. The van der Waals surface area contributed by atoms with E-state index in [0.29, 0.717) is 5.56 Å². The van der Waals surface area contributed by atoms with Gasteiger partial charge in [0, 0.05) is 5.57 Å². The van der Waals surface area contributed by atoms with Gasteiger partial charge >= 0.3 is 12.1 Å². The number of hydrogen-bond donors (Lipinski definition) is 1. The molecule has 7 heteroatoms. The van der Waals surface area contributed by atoms with E-state index in [1.54, 1.807) is 0 Å². The van der Waals surface area contributed by atoms with E-state index in [4.69, 9.17) is 10.5 Å². The summed E-state index contributed by atoms with van der Waals surface area (Å²) in [5.74, 6) is -1.54. The third-order valence-corrected chi connectivity index (χ3v) is 2.72. The van der Waals surface area contributed by atoms with Crippen LogP contribution in [-0.4, -0.2) is 11.9 Å². The van der Waals surface area contributed by atoms with E-state index in [0.717, 1.165) is 12.1 Å². The number of alkyl halides is 3. The molecule has 1 aromatic carbocycles. The van der Waals surface area contributed by atoms with Crippen LogP contribution < -0.4 is 5.73 Å². The number of hydrogen-bond acceptors (Lipinski definition) is 3. The van der Waals surface area contributed by atoms with Crippen LogP contribution in [0.25, 0.3) is 0 Å². The first kappa shape index (κ1) is 16.7. The summed E-state index contributed by atoms with van der Waals surface area (Å²) in [6.07, 6.45) is -5.53. The number of benzene rings is 1. The van der Waals surface area contributed by atoms with Crippen LogP contribution in [-0.2, 0) is 20.5 Å². The molecule has 4 nitrogen and oxygen atoms in total. The second-order valence-electron chi connectivity index (χ2n) is 4.40. The Hall–Kier alpha value is -2.31. The van der Waals surface area contributed by atoms with Gasteiger partial charge < -0.3 is 10.5 Å². The Morgan fingerprint density at radius 2 is 1.81 bits per heavy atom. The number of esters is 1. The fraction of sp³-hybridized carbons (Fsp3) is 0.286. The Morgan fingerprint density at radius 1 is 1.29 bits per heavy atom. The molecule has 0 bridgehead atoms. The van der Waals surface area contributed by atoms with E-state index >= 15 is 0 Å². The molecule has 0 unspecified atom stereocenters. The molecule has 0 saturated heterocycles. The monoisotopic (exact) mass is 301 g/mol. The first-order valence-corrected chi connectivity index (χ1v) is 5.95. The molecule has 114 valence electrons. The van der Waals surface area contributed by atoms with Crippen molar-refractivity contribution >= 4 is 11.9 Å².